The highest BCUT2D eigenvalue weighted by atomic mass is 16.6. The molecule has 0 spiro atoms. The average molecular weight is 176 g/mol. The molecule has 0 fully saturated rings. The second-order valence-electron chi connectivity index (χ2n) is 3.82. The molecule has 0 aromatic heterocycles. The molecule has 0 aliphatic carbocycles. The Bertz CT molecular complexity index is 353. The van der Waals surface area contributed by atoms with Crippen molar-refractivity contribution in [3.8, 4) is 0 Å². The lowest BCUT2D eigenvalue weighted by molar-refractivity contribution is -0.158. The maximum absolute atomic E-state index is 11.2. The zero-order chi connectivity index (χ0) is 9.47. The van der Waals surface area contributed by atoms with E-state index in [1.807, 2.05) is 38.1 Å². The summed E-state index contributed by atoms with van der Waals surface area (Å²) in [5, 5.41) is 0. The van der Waals surface area contributed by atoms with Crippen molar-refractivity contribution >= 4 is 5.97 Å². The number of hydrogen-bond acceptors (Lipinski definition) is 2. The highest BCUT2D eigenvalue weighted by Crippen LogP contribution is 2.32. The van der Waals surface area contributed by atoms with Gasteiger partial charge in [0, 0.05) is 0 Å². The fourth-order valence-electron chi connectivity index (χ4n) is 1.79. The fraction of sp³-hybridized carbons (Fsp3) is 0.364. The lowest BCUT2D eigenvalue weighted by Gasteiger charge is -2.31. The lowest BCUT2D eigenvalue weighted by Crippen LogP contribution is -2.32. The highest BCUT2D eigenvalue weighted by molar-refractivity contribution is 5.75. The van der Waals surface area contributed by atoms with Crippen LogP contribution in [-0.4, -0.2) is 5.97 Å². The van der Waals surface area contributed by atoms with Crippen molar-refractivity contribution in [1.82, 2.24) is 0 Å². The number of fused-ring (bicyclic) bond motifs is 1. The molecule has 2 rings (SSSR count). The predicted molar refractivity (Wildman–Crippen MR) is 49.3 cm³/mol. The van der Waals surface area contributed by atoms with Crippen LogP contribution in [0.3, 0.4) is 0 Å². The van der Waals surface area contributed by atoms with Crippen LogP contribution in [0.2, 0.25) is 0 Å². The summed E-state index contributed by atoms with van der Waals surface area (Å²) < 4.78 is 5.26. The Morgan fingerprint density at radius 2 is 2.00 bits per heavy atom. The topological polar surface area (TPSA) is 26.3 Å². The van der Waals surface area contributed by atoms with Crippen molar-refractivity contribution in [1.29, 1.82) is 0 Å². The first-order valence-electron chi connectivity index (χ1n) is 4.40. The molecule has 2 nitrogen and oxygen atoms in total. The Labute approximate surface area is 77.5 Å². The van der Waals surface area contributed by atoms with E-state index >= 15 is 0 Å². The third kappa shape index (κ3) is 1.32. The molecule has 1 aliphatic rings. The van der Waals surface area contributed by atoms with E-state index in [9.17, 15) is 4.79 Å². The summed E-state index contributed by atoms with van der Waals surface area (Å²) in [6, 6.07) is 7.92. The highest BCUT2D eigenvalue weighted by Gasteiger charge is 2.32. The van der Waals surface area contributed by atoms with E-state index in [-0.39, 0.29) is 5.97 Å². The van der Waals surface area contributed by atoms with Crippen molar-refractivity contribution < 1.29 is 9.53 Å². The Hall–Kier alpha value is -1.31. The third-order valence-electron chi connectivity index (χ3n) is 2.37. The molecule has 0 bridgehead atoms. The average Bonchev–Trinajstić information content (AvgIpc) is 2.02. The quantitative estimate of drug-likeness (QED) is 0.565. The smallest absolute Gasteiger partial charge is 0.311 e. The normalized spacial score (nSPS) is 19.1. The molecule has 0 atom stereocenters. The molecule has 0 N–H and O–H groups in total. The van der Waals surface area contributed by atoms with Gasteiger partial charge in [0.2, 0.25) is 0 Å². The Kier molecular flexibility index (Phi) is 1.65. The number of carbonyl (C=O) groups excluding carboxylic acids is 1. The van der Waals surface area contributed by atoms with Crippen molar-refractivity contribution in [2.45, 2.75) is 25.9 Å². The van der Waals surface area contributed by atoms with E-state index in [4.69, 9.17) is 4.74 Å². The second kappa shape index (κ2) is 2.59. The lowest BCUT2D eigenvalue weighted by atomic mass is 9.89. The van der Waals surface area contributed by atoms with Crippen LogP contribution in [0.4, 0.5) is 0 Å². The van der Waals surface area contributed by atoms with Crippen LogP contribution in [0.1, 0.15) is 25.0 Å². The molecular weight excluding hydrogens is 164 g/mol. The molecule has 0 amide bonds. The molecule has 1 heterocycles. The summed E-state index contributed by atoms with van der Waals surface area (Å²) in [5.41, 5.74) is 1.74. The van der Waals surface area contributed by atoms with Gasteiger partial charge in [0.15, 0.2) is 0 Å². The molecular formula is C11H12O2. The number of hydrogen-bond donors (Lipinski definition) is 0. The number of esters is 1. The third-order valence-corrected chi connectivity index (χ3v) is 2.37. The first-order chi connectivity index (χ1) is 6.09. The number of ether oxygens (including phenoxy) is 1. The monoisotopic (exact) mass is 176 g/mol. The van der Waals surface area contributed by atoms with Gasteiger partial charge in [-0.15, -0.1) is 0 Å². The van der Waals surface area contributed by atoms with Gasteiger partial charge >= 0.3 is 5.97 Å². The van der Waals surface area contributed by atoms with Crippen LogP contribution >= 0.6 is 0 Å². The van der Waals surface area contributed by atoms with Crippen LogP contribution in [0, 0.1) is 0 Å². The number of carbonyl (C=O) groups is 1. The standard InChI is InChI=1S/C11H12O2/c1-11(2)9-6-4-3-5-8(9)7-10(12)13-11/h3-6H,7H2,1-2H3. The minimum Gasteiger partial charge on any atom is -0.455 e. The fourth-order valence-corrected chi connectivity index (χ4v) is 1.79. The van der Waals surface area contributed by atoms with Gasteiger partial charge in [0.1, 0.15) is 5.60 Å². The first-order valence-corrected chi connectivity index (χ1v) is 4.40. The van der Waals surface area contributed by atoms with Crippen LogP contribution in [-0.2, 0) is 21.6 Å². The molecule has 0 radical (unpaired) electrons. The van der Waals surface area contributed by atoms with Crippen molar-refractivity contribution in [3.05, 3.63) is 35.4 Å². The van der Waals surface area contributed by atoms with Gasteiger partial charge in [-0.05, 0) is 25.0 Å². The molecule has 0 unspecified atom stereocenters. The van der Waals surface area contributed by atoms with Gasteiger partial charge in [-0.2, -0.15) is 0 Å². The van der Waals surface area contributed by atoms with E-state index < -0.39 is 5.60 Å². The summed E-state index contributed by atoms with van der Waals surface area (Å²) >= 11 is 0. The Morgan fingerprint density at radius 3 is 2.77 bits per heavy atom. The second-order valence-corrected chi connectivity index (χ2v) is 3.82. The van der Waals surface area contributed by atoms with E-state index in [1.165, 1.54) is 0 Å². The molecule has 13 heavy (non-hydrogen) atoms. The van der Waals surface area contributed by atoms with Gasteiger partial charge in [0.05, 0.1) is 6.42 Å². The summed E-state index contributed by atoms with van der Waals surface area (Å²) in [4.78, 5) is 11.2. The first kappa shape index (κ1) is 8.30. The molecule has 2 heteroatoms. The molecule has 0 saturated heterocycles. The molecule has 1 aliphatic heterocycles. The minimum absolute atomic E-state index is 0.135. The summed E-state index contributed by atoms with van der Waals surface area (Å²) in [6.45, 7) is 3.84. The zero-order valence-electron chi connectivity index (χ0n) is 7.83. The SMILES string of the molecule is CC1(C)OC(=O)Cc2ccccc21. The van der Waals surface area contributed by atoms with Crippen molar-refractivity contribution in [2.24, 2.45) is 0 Å². The predicted octanol–water partition coefficient (Wildman–Crippen LogP) is 2.02. The maximum atomic E-state index is 11.2. The van der Waals surface area contributed by atoms with E-state index in [0.717, 1.165) is 11.1 Å². The minimum atomic E-state index is -0.466. The van der Waals surface area contributed by atoms with Gasteiger partial charge in [-0.25, -0.2) is 0 Å². The van der Waals surface area contributed by atoms with E-state index in [0.29, 0.717) is 6.42 Å². The largest absolute Gasteiger partial charge is 0.455 e. The molecule has 68 valence electrons. The van der Waals surface area contributed by atoms with Gasteiger partial charge in [-0.1, -0.05) is 24.3 Å². The van der Waals surface area contributed by atoms with E-state index in [2.05, 4.69) is 0 Å². The molecule has 1 aromatic rings. The summed E-state index contributed by atoms with van der Waals surface area (Å²) in [5.74, 6) is -0.135. The summed E-state index contributed by atoms with van der Waals surface area (Å²) in [6.07, 6.45) is 0.402. The van der Waals surface area contributed by atoms with Crippen LogP contribution < -0.4 is 0 Å². The number of benzene rings is 1. The number of cyclic esters (lactones) is 1. The van der Waals surface area contributed by atoms with Crippen molar-refractivity contribution in [3.63, 3.8) is 0 Å². The molecule has 1 aromatic carbocycles. The van der Waals surface area contributed by atoms with Crippen LogP contribution in [0.15, 0.2) is 24.3 Å². The van der Waals surface area contributed by atoms with Gasteiger partial charge in [-0.3, -0.25) is 4.79 Å². The van der Waals surface area contributed by atoms with E-state index in [1.54, 1.807) is 0 Å². The van der Waals surface area contributed by atoms with Gasteiger partial charge < -0.3 is 4.74 Å². The van der Waals surface area contributed by atoms with Crippen molar-refractivity contribution in [2.75, 3.05) is 0 Å². The summed E-state index contributed by atoms with van der Waals surface area (Å²) in [7, 11) is 0. The number of rotatable bonds is 0. The van der Waals surface area contributed by atoms with Crippen LogP contribution in [0.5, 0.6) is 0 Å². The maximum Gasteiger partial charge on any atom is 0.311 e. The molecule has 0 saturated carbocycles. The van der Waals surface area contributed by atoms with Gasteiger partial charge in [0.25, 0.3) is 0 Å². The Balaban J connectivity index is 2.56. The Morgan fingerprint density at radius 1 is 1.31 bits per heavy atom. The van der Waals surface area contributed by atoms with Crippen LogP contribution in [0.25, 0.3) is 0 Å². The zero-order valence-corrected chi connectivity index (χ0v) is 7.83.